The van der Waals surface area contributed by atoms with E-state index in [4.69, 9.17) is 24.6 Å². The second-order valence-electron chi connectivity index (χ2n) is 14.0. The largest absolute Gasteiger partial charge is 0.487 e. The number of nitrogens with one attached hydrogen (secondary N) is 2. The first-order valence-electron chi connectivity index (χ1n) is 19.6. The Bertz CT molecular complexity index is 2380. The van der Waals surface area contributed by atoms with Crippen molar-refractivity contribution in [2.75, 3.05) is 31.5 Å². The number of carboxylic acids is 2. The number of anilines is 2. The first-order valence-corrected chi connectivity index (χ1v) is 19.6. The second-order valence-corrected chi connectivity index (χ2v) is 14.0. The Morgan fingerprint density at radius 3 is 1.50 bits per heavy atom. The summed E-state index contributed by atoms with van der Waals surface area (Å²) < 4.78 is 6.16. The van der Waals surface area contributed by atoms with Gasteiger partial charge in [0.15, 0.2) is 0 Å². The van der Waals surface area contributed by atoms with Crippen LogP contribution in [0.15, 0.2) is 156 Å². The molecule has 0 aliphatic rings. The van der Waals surface area contributed by atoms with Gasteiger partial charge in [-0.25, -0.2) is 0 Å². The Hall–Kier alpha value is -7.40. The summed E-state index contributed by atoms with van der Waals surface area (Å²) in [6.45, 7) is 1.44. The number of carbonyl (C=O) groups is 2. The van der Waals surface area contributed by atoms with Crippen LogP contribution < -0.4 is 15.4 Å². The van der Waals surface area contributed by atoms with Gasteiger partial charge < -0.3 is 35.3 Å². The Balaban J connectivity index is 1.02. The summed E-state index contributed by atoms with van der Waals surface area (Å²) in [4.78, 5) is 32.1. The van der Waals surface area contributed by atoms with Gasteiger partial charge in [0.25, 0.3) is 0 Å². The van der Waals surface area contributed by atoms with Crippen LogP contribution in [0.4, 0.5) is 11.4 Å². The minimum atomic E-state index is -0.801. The van der Waals surface area contributed by atoms with Crippen molar-refractivity contribution in [2.24, 2.45) is 10.3 Å². The monoisotopic (exact) mass is 804 g/mol. The number of hydrogen-bond donors (Lipinski definition) is 4. The third-order valence-corrected chi connectivity index (χ3v) is 9.75. The average Bonchev–Trinajstić information content (AvgIpc) is 3.28. The van der Waals surface area contributed by atoms with Crippen LogP contribution in [0.1, 0.15) is 51.8 Å². The number of aliphatic carboxylic acids is 2. The highest BCUT2D eigenvalue weighted by molar-refractivity contribution is 6.12. The van der Waals surface area contributed by atoms with Crippen LogP contribution in [0.5, 0.6) is 5.75 Å². The first-order chi connectivity index (χ1) is 29.3. The molecule has 0 aliphatic carbocycles. The summed E-state index contributed by atoms with van der Waals surface area (Å²) >= 11 is 0. The Labute approximate surface area is 350 Å². The summed E-state index contributed by atoms with van der Waals surface area (Å²) in [7, 11) is 3.06. The number of aryl methyl sites for hydroxylation is 2. The van der Waals surface area contributed by atoms with Crippen molar-refractivity contribution < 1.29 is 34.2 Å². The molecule has 0 saturated carbocycles. The third kappa shape index (κ3) is 12.5. The van der Waals surface area contributed by atoms with Crippen molar-refractivity contribution in [1.82, 2.24) is 0 Å². The van der Waals surface area contributed by atoms with Crippen LogP contribution >= 0.6 is 0 Å². The van der Waals surface area contributed by atoms with Gasteiger partial charge in [-0.2, -0.15) is 0 Å². The summed E-state index contributed by atoms with van der Waals surface area (Å²) in [5, 5.41) is 33.3. The summed E-state index contributed by atoms with van der Waals surface area (Å²) in [6, 6.07) is 48.0. The molecule has 0 spiro atoms. The highest BCUT2D eigenvalue weighted by atomic mass is 16.6. The second kappa shape index (κ2) is 21.4. The molecule has 0 atom stereocenters. The lowest BCUT2D eigenvalue weighted by Crippen LogP contribution is -2.13. The Morgan fingerprint density at radius 2 is 1.00 bits per heavy atom. The number of carboxylic acid groups (broad SMARTS) is 2. The molecule has 0 radical (unpaired) electrons. The van der Waals surface area contributed by atoms with Crippen molar-refractivity contribution in [3.63, 3.8) is 0 Å². The molecule has 0 amide bonds. The summed E-state index contributed by atoms with van der Waals surface area (Å²) in [5.74, 6) is -0.892. The van der Waals surface area contributed by atoms with Crippen LogP contribution in [-0.2, 0) is 45.2 Å². The molecule has 0 unspecified atom stereocenters. The molecule has 0 saturated heterocycles. The molecule has 6 aromatic carbocycles. The van der Waals surface area contributed by atoms with Crippen LogP contribution in [0.2, 0.25) is 0 Å². The number of benzene rings is 6. The van der Waals surface area contributed by atoms with Crippen molar-refractivity contribution in [3.8, 4) is 16.9 Å². The van der Waals surface area contributed by atoms with E-state index in [0.29, 0.717) is 37.4 Å². The zero-order chi connectivity index (χ0) is 42.1. The van der Waals surface area contributed by atoms with Crippen molar-refractivity contribution in [1.29, 1.82) is 0 Å². The van der Waals surface area contributed by atoms with Gasteiger partial charge >= 0.3 is 11.9 Å². The van der Waals surface area contributed by atoms with E-state index in [1.807, 2.05) is 121 Å². The van der Waals surface area contributed by atoms with E-state index >= 15 is 0 Å². The summed E-state index contributed by atoms with van der Waals surface area (Å²) in [6.07, 6.45) is 1.25. The number of hydrogen-bond acceptors (Lipinski definition) is 9. The predicted molar refractivity (Wildman–Crippen MR) is 236 cm³/mol. The van der Waals surface area contributed by atoms with Crippen LogP contribution in [0.3, 0.4) is 0 Å². The molecule has 0 heterocycles. The SMILES string of the molecule is CO/N=C(\COc1cccc(CNc2ccc(CCC(=O)O)cc2)c1)c1ccc(-c2ccc(/C(=N/OC)c3ccc(CNc4ccc(CCC(=O)O)cc4)cc3)cc2)cc1. The highest BCUT2D eigenvalue weighted by Crippen LogP contribution is 2.24. The molecule has 306 valence electrons. The average molecular weight is 805 g/mol. The van der Waals surface area contributed by atoms with Gasteiger partial charge in [0.05, 0.1) is 0 Å². The Kier molecular flexibility index (Phi) is 15.0. The van der Waals surface area contributed by atoms with Gasteiger partial charge in [-0.05, 0) is 82.6 Å². The molecule has 11 nitrogen and oxygen atoms in total. The number of rotatable bonds is 21. The maximum atomic E-state index is 10.9. The quantitative estimate of drug-likeness (QED) is 0.0412. The van der Waals surface area contributed by atoms with Gasteiger partial charge in [0.2, 0.25) is 0 Å². The van der Waals surface area contributed by atoms with E-state index in [9.17, 15) is 9.59 Å². The molecule has 6 rings (SSSR count). The zero-order valence-corrected chi connectivity index (χ0v) is 33.6. The fourth-order valence-corrected chi connectivity index (χ4v) is 6.48. The lowest BCUT2D eigenvalue weighted by molar-refractivity contribution is -0.138. The number of nitrogens with zero attached hydrogens (tertiary/aromatic N) is 2. The molecular weight excluding hydrogens is 757 g/mol. The maximum Gasteiger partial charge on any atom is 0.303 e. The molecular formula is C49H48N4O7. The summed E-state index contributed by atoms with van der Waals surface area (Å²) in [5.41, 5.74) is 12.2. The molecule has 11 heteroatoms. The third-order valence-electron chi connectivity index (χ3n) is 9.75. The zero-order valence-electron chi connectivity index (χ0n) is 33.6. The van der Waals surface area contributed by atoms with Crippen LogP contribution in [-0.4, -0.2) is 54.4 Å². The minimum Gasteiger partial charge on any atom is -0.487 e. The van der Waals surface area contributed by atoms with Crippen molar-refractivity contribution in [2.45, 2.75) is 38.8 Å². The lowest BCUT2D eigenvalue weighted by atomic mass is 9.97. The first kappa shape index (κ1) is 42.2. The van der Waals surface area contributed by atoms with E-state index in [-0.39, 0.29) is 19.4 Å². The lowest BCUT2D eigenvalue weighted by Gasteiger charge is -2.12. The van der Waals surface area contributed by atoms with Gasteiger partial charge in [0, 0.05) is 54.0 Å². The molecule has 0 bridgehead atoms. The Morgan fingerprint density at radius 1 is 0.533 bits per heavy atom. The molecule has 60 heavy (non-hydrogen) atoms. The normalized spacial score (nSPS) is 11.4. The highest BCUT2D eigenvalue weighted by Gasteiger charge is 2.12. The standard InChI is InChI=1S/C49H48N4O7/c1-58-52-46(33-60-45-5-3-4-37(30-45)32-51-44-26-10-35(11-27-44)13-29-48(56)57)40-20-16-38(17-21-40)39-18-22-42(23-19-39)49(53-59-2)41-14-6-36(7-15-41)31-50-43-24-8-34(9-25-43)12-28-47(54)55/h3-11,14-27,30,50-51H,12-13,28-29,31-33H2,1-2H3,(H,54,55)(H,56,57)/b52-46+,53-49+. The van der Waals surface area contributed by atoms with Crippen LogP contribution in [0, 0.1) is 0 Å². The smallest absolute Gasteiger partial charge is 0.303 e. The number of ether oxygens (including phenoxy) is 1. The van der Waals surface area contributed by atoms with E-state index in [0.717, 1.165) is 67.2 Å². The van der Waals surface area contributed by atoms with E-state index in [1.54, 1.807) is 7.11 Å². The predicted octanol–water partition coefficient (Wildman–Crippen LogP) is 9.44. The van der Waals surface area contributed by atoms with E-state index in [2.05, 4.69) is 45.2 Å². The fourth-order valence-electron chi connectivity index (χ4n) is 6.48. The van der Waals surface area contributed by atoms with Gasteiger partial charge in [-0.1, -0.05) is 120 Å². The minimum absolute atomic E-state index is 0.114. The molecule has 4 N–H and O–H groups in total. The maximum absolute atomic E-state index is 10.9. The molecule has 0 aromatic heterocycles. The molecule has 0 fully saturated rings. The van der Waals surface area contributed by atoms with Crippen molar-refractivity contribution in [3.05, 3.63) is 185 Å². The molecule has 0 aliphatic heterocycles. The van der Waals surface area contributed by atoms with E-state index in [1.165, 1.54) is 7.11 Å². The fraction of sp³-hybridized carbons (Fsp3) is 0.184. The topological polar surface area (TPSA) is 151 Å². The van der Waals surface area contributed by atoms with E-state index < -0.39 is 11.9 Å². The van der Waals surface area contributed by atoms with Gasteiger partial charge in [-0.15, -0.1) is 0 Å². The van der Waals surface area contributed by atoms with Gasteiger partial charge in [0.1, 0.15) is 38.0 Å². The number of oxime groups is 2. The van der Waals surface area contributed by atoms with Crippen LogP contribution in [0.25, 0.3) is 11.1 Å². The van der Waals surface area contributed by atoms with Gasteiger partial charge in [-0.3, -0.25) is 9.59 Å². The molecule has 6 aromatic rings. The van der Waals surface area contributed by atoms with Crippen molar-refractivity contribution >= 4 is 34.7 Å².